The molecule has 7 nitrogen and oxygen atoms in total. The molecule has 0 bridgehead atoms. The number of nitrogens with one attached hydrogen (secondary N) is 1. The molecule has 1 atom stereocenters. The van der Waals surface area contributed by atoms with Crippen LogP contribution in [0.25, 0.3) is 0 Å². The molecule has 1 aromatic carbocycles. The summed E-state index contributed by atoms with van der Waals surface area (Å²) in [5, 5.41) is 3.27. The lowest BCUT2D eigenvalue weighted by Crippen LogP contribution is -2.36. The molecule has 1 unspecified atom stereocenters. The maximum atomic E-state index is 12.4. The predicted octanol–water partition coefficient (Wildman–Crippen LogP) is 3.52. The van der Waals surface area contributed by atoms with E-state index in [0.717, 1.165) is 31.6 Å². The SMILES string of the molecule is Nc1cc(N2CC(CNC(=O)C3=CC(Cl)=CCC3=S)OC2=O)ccc1N1CCCCC1. The summed E-state index contributed by atoms with van der Waals surface area (Å²) in [6, 6.07) is 5.67. The maximum absolute atomic E-state index is 12.4. The summed E-state index contributed by atoms with van der Waals surface area (Å²) in [6.07, 6.45) is 6.44. The van der Waals surface area contributed by atoms with Crippen molar-refractivity contribution in [3.8, 4) is 0 Å². The second-order valence-electron chi connectivity index (χ2n) is 7.89. The molecule has 0 radical (unpaired) electrons. The van der Waals surface area contributed by atoms with E-state index in [1.807, 2.05) is 18.2 Å². The number of amides is 2. The van der Waals surface area contributed by atoms with E-state index in [4.69, 9.17) is 34.3 Å². The minimum Gasteiger partial charge on any atom is -0.442 e. The van der Waals surface area contributed by atoms with E-state index in [0.29, 0.717) is 39.8 Å². The average molecular weight is 461 g/mol. The summed E-state index contributed by atoms with van der Waals surface area (Å²) in [6.45, 7) is 2.51. The molecule has 0 aromatic heterocycles. The van der Waals surface area contributed by atoms with E-state index < -0.39 is 12.2 Å². The normalized spacial score (nSPS) is 21.5. The molecule has 2 amide bonds. The van der Waals surface area contributed by atoms with Crippen molar-refractivity contribution in [1.29, 1.82) is 0 Å². The molecule has 2 saturated heterocycles. The zero-order valence-corrected chi connectivity index (χ0v) is 18.7. The van der Waals surface area contributed by atoms with Gasteiger partial charge in [-0.3, -0.25) is 9.69 Å². The quantitative estimate of drug-likeness (QED) is 0.516. The number of halogens is 1. The first-order valence-electron chi connectivity index (χ1n) is 10.4. The van der Waals surface area contributed by atoms with Gasteiger partial charge in [-0.25, -0.2) is 4.79 Å². The number of nitrogens with zero attached hydrogens (tertiary/aromatic N) is 2. The molecule has 2 fully saturated rings. The zero-order chi connectivity index (χ0) is 22.0. The number of hydrogen-bond donors (Lipinski definition) is 2. The molecule has 0 saturated carbocycles. The number of nitrogen functional groups attached to an aromatic ring is 1. The van der Waals surface area contributed by atoms with Crippen LogP contribution in [-0.2, 0) is 9.53 Å². The van der Waals surface area contributed by atoms with E-state index in [1.54, 1.807) is 12.2 Å². The molecule has 0 spiro atoms. The summed E-state index contributed by atoms with van der Waals surface area (Å²) in [7, 11) is 0. The van der Waals surface area contributed by atoms with Crippen LogP contribution >= 0.6 is 23.8 Å². The highest BCUT2D eigenvalue weighted by Gasteiger charge is 2.33. The number of thiocarbonyl (C=S) groups is 1. The highest BCUT2D eigenvalue weighted by molar-refractivity contribution is 7.81. The van der Waals surface area contributed by atoms with E-state index in [2.05, 4.69) is 10.2 Å². The minimum atomic E-state index is -0.469. The van der Waals surface area contributed by atoms with E-state index >= 15 is 0 Å². The lowest BCUT2D eigenvalue weighted by molar-refractivity contribution is -0.117. The largest absolute Gasteiger partial charge is 0.442 e. The number of nitrogens with two attached hydrogens (primary N) is 1. The van der Waals surface area contributed by atoms with Crippen LogP contribution in [0.3, 0.4) is 0 Å². The zero-order valence-electron chi connectivity index (χ0n) is 17.1. The van der Waals surface area contributed by atoms with E-state index in [-0.39, 0.29) is 12.5 Å². The first kappa shape index (κ1) is 21.6. The van der Waals surface area contributed by atoms with Crippen LogP contribution in [0.5, 0.6) is 0 Å². The lowest BCUT2D eigenvalue weighted by atomic mass is 10.0. The van der Waals surface area contributed by atoms with Crippen molar-refractivity contribution in [2.24, 2.45) is 0 Å². The van der Waals surface area contributed by atoms with Gasteiger partial charge in [0.1, 0.15) is 6.10 Å². The molecule has 1 aromatic rings. The summed E-state index contributed by atoms with van der Waals surface area (Å²) in [5.74, 6) is -0.319. The number of carbonyl (C=O) groups excluding carboxylic acids is 2. The van der Waals surface area contributed by atoms with E-state index in [9.17, 15) is 9.59 Å². The third-order valence-electron chi connectivity index (χ3n) is 5.69. The monoisotopic (exact) mass is 460 g/mol. The van der Waals surface area contributed by atoms with Crippen LogP contribution in [0, 0.1) is 0 Å². The second-order valence-corrected chi connectivity index (χ2v) is 8.82. The predicted molar refractivity (Wildman–Crippen MR) is 127 cm³/mol. The third kappa shape index (κ3) is 4.85. The number of carbonyl (C=O) groups is 2. The fourth-order valence-electron chi connectivity index (χ4n) is 4.04. The highest BCUT2D eigenvalue weighted by Crippen LogP contribution is 2.32. The average Bonchev–Trinajstić information content (AvgIpc) is 3.14. The Bertz CT molecular complexity index is 972. The van der Waals surface area contributed by atoms with Crippen LogP contribution in [-0.4, -0.2) is 49.1 Å². The van der Waals surface area contributed by atoms with Crippen LogP contribution in [0.4, 0.5) is 21.9 Å². The molecule has 31 heavy (non-hydrogen) atoms. The maximum Gasteiger partial charge on any atom is 0.414 e. The van der Waals surface area contributed by atoms with Crippen molar-refractivity contribution in [3.63, 3.8) is 0 Å². The summed E-state index contributed by atoms with van der Waals surface area (Å²) < 4.78 is 5.43. The summed E-state index contributed by atoms with van der Waals surface area (Å²) >= 11 is 11.2. The summed E-state index contributed by atoms with van der Waals surface area (Å²) in [4.78, 5) is 29.2. The van der Waals surface area contributed by atoms with Crippen molar-refractivity contribution in [1.82, 2.24) is 5.32 Å². The number of allylic oxidation sites excluding steroid dienone is 3. The molecular formula is C22H25ClN4O3S. The molecule has 9 heteroatoms. The van der Waals surface area contributed by atoms with Gasteiger partial charge < -0.3 is 20.7 Å². The molecule has 3 N–H and O–H groups in total. The van der Waals surface area contributed by atoms with Crippen LogP contribution in [0.2, 0.25) is 0 Å². The van der Waals surface area contributed by atoms with Crippen LogP contribution < -0.4 is 20.9 Å². The van der Waals surface area contributed by atoms with Crippen molar-refractivity contribution in [2.75, 3.05) is 41.7 Å². The van der Waals surface area contributed by atoms with Crippen molar-refractivity contribution in [3.05, 3.63) is 41.0 Å². The number of piperidine rings is 1. The number of ether oxygens (including phenoxy) is 1. The van der Waals surface area contributed by atoms with Crippen molar-refractivity contribution < 1.29 is 14.3 Å². The Labute approximate surface area is 191 Å². The molecule has 1 aliphatic carbocycles. The van der Waals surface area contributed by atoms with E-state index in [1.165, 1.54) is 11.3 Å². The Kier molecular flexibility index (Phi) is 6.48. The smallest absolute Gasteiger partial charge is 0.414 e. The second kappa shape index (κ2) is 9.28. The first-order valence-corrected chi connectivity index (χ1v) is 11.2. The van der Waals surface area contributed by atoms with Gasteiger partial charge in [0.25, 0.3) is 5.91 Å². The number of rotatable bonds is 5. The van der Waals surface area contributed by atoms with Crippen LogP contribution in [0.1, 0.15) is 25.7 Å². The molecular weight excluding hydrogens is 436 g/mol. The fourth-order valence-corrected chi connectivity index (χ4v) is 4.46. The van der Waals surface area contributed by atoms with Gasteiger partial charge in [0, 0.05) is 35.1 Å². The Morgan fingerprint density at radius 1 is 1.29 bits per heavy atom. The first-order chi connectivity index (χ1) is 14.9. The van der Waals surface area contributed by atoms with Crippen molar-refractivity contribution in [2.45, 2.75) is 31.8 Å². The van der Waals surface area contributed by atoms with Gasteiger partial charge >= 0.3 is 6.09 Å². The van der Waals surface area contributed by atoms with Gasteiger partial charge in [0.2, 0.25) is 0 Å². The highest BCUT2D eigenvalue weighted by atomic mass is 35.5. The molecule has 4 rings (SSSR count). The van der Waals surface area contributed by atoms with Gasteiger partial charge in [0.15, 0.2) is 0 Å². The number of anilines is 3. The number of benzene rings is 1. The Balaban J connectivity index is 1.37. The van der Waals surface area contributed by atoms with Crippen molar-refractivity contribution >= 4 is 57.7 Å². The Morgan fingerprint density at radius 2 is 2.06 bits per heavy atom. The minimum absolute atomic E-state index is 0.184. The molecule has 164 valence electrons. The fraction of sp³-hybridized carbons (Fsp3) is 0.409. The molecule has 3 aliphatic rings. The summed E-state index contributed by atoms with van der Waals surface area (Å²) in [5.41, 5.74) is 9.01. The van der Waals surface area contributed by atoms with Gasteiger partial charge in [-0.2, -0.15) is 0 Å². The topological polar surface area (TPSA) is 87.9 Å². The molecule has 2 heterocycles. The van der Waals surface area contributed by atoms with Crippen LogP contribution in [0.15, 0.2) is 41.0 Å². The molecule has 2 aliphatic heterocycles. The van der Waals surface area contributed by atoms with Gasteiger partial charge in [-0.15, -0.1) is 0 Å². The standard InChI is InChI=1S/C22H25ClN4O3S/c23-14-4-7-20(31)17(10-14)21(28)25-12-16-13-27(22(29)30-16)15-5-6-19(18(24)11-15)26-8-2-1-3-9-26/h4-6,10-11,16H,1-3,7-9,12-13,24H2,(H,25,28). The Hall–Kier alpha value is -2.58. The lowest BCUT2D eigenvalue weighted by Gasteiger charge is -2.30. The Morgan fingerprint density at radius 3 is 2.81 bits per heavy atom. The van der Waals surface area contributed by atoms with Gasteiger partial charge in [-0.1, -0.05) is 29.9 Å². The number of hydrogen-bond acceptors (Lipinski definition) is 6. The van der Waals surface area contributed by atoms with Gasteiger partial charge in [-0.05, 0) is 43.5 Å². The van der Waals surface area contributed by atoms with Gasteiger partial charge in [0.05, 0.1) is 30.0 Å². The number of cyclic esters (lactones) is 1. The third-order valence-corrected chi connectivity index (χ3v) is 6.34.